The zero-order valence-electron chi connectivity index (χ0n) is 11.7. The summed E-state index contributed by atoms with van der Waals surface area (Å²) in [4.78, 5) is 20.6. The van der Waals surface area contributed by atoms with Gasteiger partial charge in [-0.2, -0.15) is 0 Å². The number of hydrogen-bond acceptors (Lipinski definition) is 6. The third-order valence-corrected chi connectivity index (χ3v) is 4.08. The molecule has 0 radical (unpaired) electrons. The van der Waals surface area contributed by atoms with Crippen LogP contribution in [0.1, 0.15) is 18.9 Å². The van der Waals surface area contributed by atoms with Crippen molar-refractivity contribution in [3.05, 3.63) is 23.0 Å². The van der Waals surface area contributed by atoms with Gasteiger partial charge in [0.05, 0.1) is 12.4 Å². The number of aromatic nitrogens is 4. The van der Waals surface area contributed by atoms with E-state index in [9.17, 15) is 15.0 Å². The van der Waals surface area contributed by atoms with Gasteiger partial charge in [-0.25, -0.2) is 9.97 Å². The van der Waals surface area contributed by atoms with E-state index in [1.807, 2.05) is 4.57 Å². The minimum absolute atomic E-state index is 0.00711. The highest BCUT2D eigenvalue weighted by molar-refractivity contribution is 5.69. The number of imidazole rings is 1. The molecule has 2 aromatic heterocycles. The Morgan fingerprint density at radius 3 is 2.86 bits per heavy atom. The van der Waals surface area contributed by atoms with Gasteiger partial charge in [-0.3, -0.25) is 9.36 Å². The lowest BCUT2D eigenvalue weighted by Gasteiger charge is -2.12. The van der Waals surface area contributed by atoms with Crippen molar-refractivity contribution in [2.45, 2.75) is 31.7 Å². The van der Waals surface area contributed by atoms with Gasteiger partial charge in [-0.05, 0) is 12.8 Å². The molecule has 21 heavy (non-hydrogen) atoms. The molecule has 0 unspecified atom stereocenters. The Balaban J connectivity index is 1.98. The molecule has 1 aliphatic carbocycles. The summed E-state index contributed by atoms with van der Waals surface area (Å²) < 4.78 is 8.09. The normalized spacial score (nSPS) is 25.8. The van der Waals surface area contributed by atoms with Crippen molar-refractivity contribution >= 4 is 11.2 Å². The van der Waals surface area contributed by atoms with E-state index < -0.39 is 6.10 Å². The minimum atomic E-state index is -0.536. The number of aliphatic hydroxyl groups excluding tert-OH is 2. The minimum Gasteiger partial charge on any atom is -0.396 e. The van der Waals surface area contributed by atoms with Crippen LogP contribution in [0.4, 0.5) is 0 Å². The molecule has 1 fully saturated rings. The van der Waals surface area contributed by atoms with Gasteiger partial charge >= 0.3 is 0 Å². The predicted octanol–water partition coefficient (Wildman–Crippen LogP) is -0.499. The van der Waals surface area contributed by atoms with Crippen molar-refractivity contribution in [2.75, 3.05) is 13.7 Å². The first-order valence-electron chi connectivity index (χ1n) is 6.85. The van der Waals surface area contributed by atoms with Crippen LogP contribution in [0.25, 0.3) is 11.2 Å². The SMILES string of the molecule is COCn1cnc2c(ncn2[C@H]2C[C@@H](CO)[C@H](O)C2)c1=O. The molecule has 0 bridgehead atoms. The van der Waals surface area contributed by atoms with Crippen molar-refractivity contribution in [1.82, 2.24) is 19.1 Å². The molecule has 0 saturated heterocycles. The molecular weight excluding hydrogens is 276 g/mol. The van der Waals surface area contributed by atoms with E-state index in [1.165, 1.54) is 18.0 Å². The van der Waals surface area contributed by atoms with E-state index in [4.69, 9.17) is 4.74 Å². The summed E-state index contributed by atoms with van der Waals surface area (Å²) in [5.74, 6) is -0.138. The highest BCUT2D eigenvalue weighted by Crippen LogP contribution is 2.35. The molecule has 2 N–H and O–H groups in total. The molecule has 0 spiro atoms. The first kappa shape index (κ1) is 14.2. The summed E-state index contributed by atoms with van der Waals surface area (Å²) in [5.41, 5.74) is 0.539. The first-order chi connectivity index (χ1) is 10.2. The number of aliphatic hydroxyl groups is 2. The topological polar surface area (TPSA) is 102 Å². The molecule has 8 nitrogen and oxygen atoms in total. The molecule has 0 amide bonds. The van der Waals surface area contributed by atoms with Gasteiger partial charge in [0.1, 0.15) is 13.1 Å². The molecule has 2 aromatic rings. The van der Waals surface area contributed by atoms with Crippen LogP contribution in [0.15, 0.2) is 17.4 Å². The highest BCUT2D eigenvalue weighted by atomic mass is 16.5. The average Bonchev–Trinajstić information content (AvgIpc) is 3.05. The van der Waals surface area contributed by atoms with Gasteiger partial charge < -0.3 is 19.5 Å². The fourth-order valence-electron chi connectivity index (χ4n) is 2.94. The Bertz CT molecular complexity index is 695. The predicted molar refractivity (Wildman–Crippen MR) is 73.7 cm³/mol. The van der Waals surface area contributed by atoms with E-state index in [2.05, 4.69) is 9.97 Å². The summed E-state index contributed by atoms with van der Waals surface area (Å²) >= 11 is 0. The fourth-order valence-corrected chi connectivity index (χ4v) is 2.94. The Labute approximate surface area is 120 Å². The van der Waals surface area contributed by atoms with E-state index in [0.717, 1.165) is 0 Å². The summed E-state index contributed by atoms with van der Waals surface area (Å²) in [5, 5.41) is 19.1. The van der Waals surface area contributed by atoms with E-state index in [-0.39, 0.29) is 36.4 Å². The number of ether oxygens (including phenoxy) is 1. The van der Waals surface area contributed by atoms with Crippen molar-refractivity contribution in [2.24, 2.45) is 5.92 Å². The maximum Gasteiger partial charge on any atom is 0.283 e. The summed E-state index contributed by atoms with van der Waals surface area (Å²) in [7, 11) is 1.50. The van der Waals surface area contributed by atoms with Crippen LogP contribution in [-0.2, 0) is 11.5 Å². The second-order valence-electron chi connectivity index (χ2n) is 5.40. The lowest BCUT2D eigenvalue weighted by atomic mass is 10.1. The molecule has 3 rings (SSSR count). The van der Waals surface area contributed by atoms with Crippen molar-refractivity contribution in [3.63, 3.8) is 0 Å². The summed E-state index contributed by atoms with van der Waals surface area (Å²) in [6.45, 7) is 0.0851. The van der Waals surface area contributed by atoms with Crippen LogP contribution >= 0.6 is 0 Å². The molecular formula is C13H18N4O4. The first-order valence-corrected chi connectivity index (χ1v) is 6.85. The van der Waals surface area contributed by atoms with Gasteiger partial charge in [0.2, 0.25) is 0 Å². The van der Waals surface area contributed by atoms with Gasteiger partial charge in [0, 0.05) is 25.7 Å². The Morgan fingerprint density at radius 1 is 1.38 bits per heavy atom. The maximum atomic E-state index is 12.2. The van der Waals surface area contributed by atoms with Crippen LogP contribution in [0.2, 0.25) is 0 Å². The van der Waals surface area contributed by atoms with Gasteiger partial charge in [0.25, 0.3) is 5.56 Å². The van der Waals surface area contributed by atoms with Crippen molar-refractivity contribution in [3.8, 4) is 0 Å². The number of nitrogens with zero attached hydrogens (tertiary/aromatic N) is 4. The second-order valence-corrected chi connectivity index (χ2v) is 5.40. The van der Waals surface area contributed by atoms with E-state index in [0.29, 0.717) is 18.5 Å². The molecule has 3 atom stereocenters. The monoisotopic (exact) mass is 294 g/mol. The number of methoxy groups -OCH3 is 1. The lowest BCUT2D eigenvalue weighted by Crippen LogP contribution is -2.22. The second kappa shape index (κ2) is 5.55. The van der Waals surface area contributed by atoms with Gasteiger partial charge in [-0.15, -0.1) is 0 Å². The zero-order chi connectivity index (χ0) is 15.0. The van der Waals surface area contributed by atoms with Crippen LogP contribution in [0, 0.1) is 5.92 Å². The smallest absolute Gasteiger partial charge is 0.283 e. The number of hydrogen-bond donors (Lipinski definition) is 2. The van der Waals surface area contributed by atoms with Gasteiger partial charge in [0.15, 0.2) is 11.2 Å². The molecule has 2 heterocycles. The standard InChI is InChI=1S/C13H18N4O4/c1-21-7-16-5-15-12-11(13(16)20)14-6-17(12)9-2-8(4-18)10(19)3-9/h5-6,8-10,18-19H,2-4,7H2,1H3/t8-,9-,10+/m0/s1. The summed E-state index contributed by atoms with van der Waals surface area (Å²) in [6, 6.07) is -0.00711. The van der Waals surface area contributed by atoms with Crippen LogP contribution < -0.4 is 5.56 Å². The van der Waals surface area contributed by atoms with E-state index in [1.54, 1.807) is 6.33 Å². The molecule has 1 aliphatic rings. The van der Waals surface area contributed by atoms with E-state index >= 15 is 0 Å². The molecule has 1 saturated carbocycles. The zero-order valence-corrected chi connectivity index (χ0v) is 11.7. The largest absolute Gasteiger partial charge is 0.396 e. The van der Waals surface area contributed by atoms with Crippen LogP contribution in [0.3, 0.4) is 0 Å². The lowest BCUT2D eigenvalue weighted by molar-refractivity contribution is 0.0906. The van der Waals surface area contributed by atoms with Crippen LogP contribution in [0.5, 0.6) is 0 Å². The maximum absolute atomic E-state index is 12.2. The molecule has 114 valence electrons. The van der Waals surface area contributed by atoms with Gasteiger partial charge in [-0.1, -0.05) is 0 Å². The quantitative estimate of drug-likeness (QED) is 0.788. The summed E-state index contributed by atoms with van der Waals surface area (Å²) in [6.07, 6.45) is 3.64. The molecule has 0 aromatic carbocycles. The van der Waals surface area contributed by atoms with Crippen molar-refractivity contribution in [1.29, 1.82) is 0 Å². The number of rotatable bonds is 4. The number of fused-ring (bicyclic) bond motifs is 1. The Kier molecular flexibility index (Phi) is 3.75. The highest BCUT2D eigenvalue weighted by Gasteiger charge is 2.34. The molecule has 0 aliphatic heterocycles. The Hall–Kier alpha value is -1.77. The fraction of sp³-hybridized carbons (Fsp3) is 0.615. The Morgan fingerprint density at radius 2 is 2.19 bits per heavy atom. The average molecular weight is 294 g/mol. The molecule has 8 heteroatoms. The third kappa shape index (κ3) is 2.35. The van der Waals surface area contributed by atoms with Crippen molar-refractivity contribution < 1.29 is 14.9 Å². The third-order valence-electron chi connectivity index (χ3n) is 4.08. The van der Waals surface area contributed by atoms with Crippen LogP contribution in [-0.4, -0.2) is 49.1 Å².